The molecule has 0 heterocycles. The van der Waals surface area contributed by atoms with Crippen LogP contribution in [0.3, 0.4) is 0 Å². The molecule has 0 aliphatic carbocycles. The SMILES string of the molecule is NSc1ccc(C(F)(F)F)cc1C(F)(F)F. The van der Waals surface area contributed by atoms with E-state index in [1.165, 1.54) is 0 Å². The minimum atomic E-state index is -4.86. The van der Waals surface area contributed by atoms with Gasteiger partial charge in [-0.3, -0.25) is 5.14 Å². The van der Waals surface area contributed by atoms with Crippen molar-refractivity contribution in [3.8, 4) is 0 Å². The highest BCUT2D eigenvalue weighted by atomic mass is 32.2. The number of hydrogen-bond donors (Lipinski definition) is 1. The number of rotatable bonds is 1. The maximum absolute atomic E-state index is 12.4. The monoisotopic (exact) mass is 261 g/mol. The Balaban J connectivity index is 3.34. The molecule has 1 aromatic rings. The van der Waals surface area contributed by atoms with E-state index in [4.69, 9.17) is 5.14 Å². The van der Waals surface area contributed by atoms with Gasteiger partial charge in [-0.05, 0) is 30.1 Å². The van der Waals surface area contributed by atoms with Crippen LogP contribution in [0.5, 0.6) is 0 Å². The lowest BCUT2D eigenvalue weighted by atomic mass is 10.1. The van der Waals surface area contributed by atoms with Crippen molar-refractivity contribution in [3.05, 3.63) is 29.3 Å². The smallest absolute Gasteiger partial charge is 0.274 e. The highest BCUT2D eigenvalue weighted by Crippen LogP contribution is 2.39. The van der Waals surface area contributed by atoms with E-state index in [9.17, 15) is 26.3 Å². The Hall–Kier alpha value is -0.890. The number of benzene rings is 1. The molecule has 1 nitrogen and oxygen atoms in total. The van der Waals surface area contributed by atoms with Gasteiger partial charge in [0.1, 0.15) is 0 Å². The lowest BCUT2D eigenvalue weighted by Crippen LogP contribution is -2.12. The summed E-state index contributed by atoms with van der Waals surface area (Å²) in [5, 5.41) is 4.94. The topological polar surface area (TPSA) is 26.0 Å². The van der Waals surface area contributed by atoms with Crippen molar-refractivity contribution in [2.45, 2.75) is 17.2 Å². The van der Waals surface area contributed by atoms with E-state index in [1.54, 1.807) is 0 Å². The zero-order valence-corrected chi connectivity index (χ0v) is 8.30. The molecule has 0 atom stereocenters. The number of hydrogen-bond acceptors (Lipinski definition) is 2. The number of halogens is 6. The summed E-state index contributed by atoms with van der Waals surface area (Å²) in [6.07, 6.45) is -9.67. The van der Waals surface area contributed by atoms with E-state index in [-0.39, 0.29) is 18.0 Å². The molecule has 0 aromatic heterocycles. The summed E-state index contributed by atoms with van der Waals surface area (Å²) in [4.78, 5) is -0.444. The molecule has 16 heavy (non-hydrogen) atoms. The lowest BCUT2D eigenvalue weighted by Gasteiger charge is -2.14. The van der Waals surface area contributed by atoms with Crippen LogP contribution in [0.25, 0.3) is 0 Å². The second-order valence-electron chi connectivity index (χ2n) is 2.82. The first-order valence-electron chi connectivity index (χ1n) is 3.81. The summed E-state index contributed by atoms with van der Waals surface area (Å²) in [7, 11) is 0. The van der Waals surface area contributed by atoms with Crippen LogP contribution >= 0.6 is 11.9 Å². The van der Waals surface area contributed by atoms with E-state index < -0.39 is 28.4 Å². The average molecular weight is 261 g/mol. The molecule has 0 saturated carbocycles. The largest absolute Gasteiger partial charge is 0.417 e. The molecule has 1 rings (SSSR count). The summed E-state index contributed by atoms with van der Waals surface area (Å²) in [6, 6.07) is 1.32. The van der Waals surface area contributed by atoms with E-state index in [0.717, 1.165) is 0 Å². The highest BCUT2D eigenvalue weighted by Gasteiger charge is 2.38. The molecular formula is C8H5F6NS. The molecule has 90 valence electrons. The van der Waals surface area contributed by atoms with Crippen LogP contribution in [0.4, 0.5) is 26.3 Å². The first-order valence-corrected chi connectivity index (χ1v) is 4.69. The highest BCUT2D eigenvalue weighted by molar-refractivity contribution is 7.97. The molecular weight excluding hydrogens is 256 g/mol. The van der Waals surface area contributed by atoms with E-state index in [2.05, 4.69) is 0 Å². The van der Waals surface area contributed by atoms with E-state index in [1.807, 2.05) is 0 Å². The molecule has 0 aliphatic rings. The molecule has 0 aliphatic heterocycles. The predicted octanol–water partition coefficient (Wildman–Crippen LogP) is 3.69. The Kier molecular flexibility index (Phi) is 3.44. The quantitative estimate of drug-likeness (QED) is 0.616. The molecule has 0 spiro atoms. The maximum atomic E-state index is 12.4. The molecule has 0 saturated heterocycles. The third kappa shape index (κ3) is 2.82. The summed E-state index contributed by atoms with van der Waals surface area (Å²) in [6.45, 7) is 0. The Morgan fingerprint density at radius 3 is 1.88 bits per heavy atom. The fourth-order valence-corrected chi connectivity index (χ4v) is 1.48. The standard InChI is InChI=1S/C8H5F6NS/c9-7(10,11)4-1-2-6(16-15)5(3-4)8(12,13)14/h1-3H,15H2. The van der Waals surface area contributed by atoms with Crippen molar-refractivity contribution in [3.63, 3.8) is 0 Å². The second kappa shape index (κ2) is 4.17. The van der Waals surface area contributed by atoms with Gasteiger partial charge >= 0.3 is 12.4 Å². The van der Waals surface area contributed by atoms with Gasteiger partial charge in [-0.2, -0.15) is 26.3 Å². The van der Waals surface area contributed by atoms with E-state index >= 15 is 0 Å². The molecule has 2 N–H and O–H groups in total. The van der Waals surface area contributed by atoms with E-state index in [0.29, 0.717) is 12.1 Å². The van der Waals surface area contributed by atoms with Gasteiger partial charge in [0, 0.05) is 4.90 Å². The van der Waals surface area contributed by atoms with Crippen LogP contribution in [0.15, 0.2) is 23.1 Å². The Morgan fingerprint density at radius 1 is 0.938 bits per heavy atom. The van der Waals surface area contributed by atoms with Crippen molar-refractivity contribution < 1.29 is 26.3 Å². The van der Waals surface area contributed by atoms with Crippen LogP contribution < -0.4 is 5.14 Å². The number of nitrogens with two attached hydrogens (primary N) is 1. The lowest BCUT2D eigenvalue weighted by molar-refractivity contribution is -0.144. The van der Waals surface area contributed by atoms with Gasteiger partial charge in [0.05, 0.1) is 11.1 Å². The van der Waals surface area contributed by atoms with Crippen molar-refractivity contribution in [1.29, 1.82) is 0 Å². The third-order valence-electron chi connectivity index (χ3n) is 1.74. The molecule has 0 amide bonds. The van der Waals surface area contributed by atoms with Crippen molar-refractivity contribution in [2.24, 2.45) is 5.14 Å². The fourth-order valence-electron chi connectivity index (χ4n) is 1.03. The fraction of sp³-hybridized carbons (Fsp3) is 0.250. The van der Waals surface area contributed by atoms with Gasteiger partial charge in [-0.1, -0.05) is 0 Å². The van der Waals surface area contributed by atoms with Crippen molar-refractivity contribution in [2.75, 3.05) is 0 Å². The number of alkyl halides is 6. The first kappa shape index (κ1) is 13.2. The predicted molar refractivity (Wildman–Crippen MR) is 46.5 cm³/mol. The first-order chi connectivity index (χ1) is 7.16. The molecule has 8 heteroatoms. The minimum Gasteiger partial charge on any atom is -0.274 e. The average Bonchev–Trinajstić information content (AvgIpc) is 2.14. The molecule has 0 radical (unpaired) electrons. The van der Waals surface area contributed by atoms with Crippen LogP contribution in [0, 0.1) is 0 Å². The summed E-state index contributed by atoms with van der Waals surface area (Å²) >= 11 is 0.254. The van der Waals surface area contributed by atoms with Gasteiger partial charge < -0.3 is 0 Å². The van der Waals surface area contributed by atoms with Crippen LogP contribution in [-0.2, 0) is 12.4 Å². The van der Waals surface area contributed by atoms with Gasteiger partial charge in [-0.15, -0.1) is 0 Å². The molecule has 0 bridgehead atoms. The Bertz CT molecular complexity index is 383. The van der Waals surface area contributed by atoms with Gasteiger partial charge in [0.25, 0.3) is 0 Å². The summed E-state index contributed by atoms with van der Waals surface area (Å²) in [5.74, 6) is 0. The van der Waals surface area contributed by atoms with Crippen molar-refractivity contribution in [1.82, 2.24) is 0 Å². The molecule has 0 fully saturated rings. The zero-order valence-electron chi connectivity index (χ0n) is 7.49. The van der Waals surface area contributed by atoms with Crippen LogP contribution in [0.1, 0.15) is 11.1 Å². The Morgan fingerprint density at radius 2 is 1.50 bits per heavy atom. The van der Waals surface area contributed by atoms with Gasteiger partial charge in [0.2, 0.25) is 0 Å². The maximum Gasteiger partial charge on any atom is 0.417 e. The summed E-state index contributed by atoms with van der Waals surface area (Å²) < 4.78 is 73.7. The normalized spacial score (nSPS) is 12.9. The van der Waals surface area contributed by atoms with Gasteiger partial charge in [0.15, 0.2) is 0 Å². The van der Waals surface area contributed by atoms with Crippen LogP contribution in [0.2, 0.25) is 0 Å². The zero-order chi connectivity index (χ0) is 12.6. The molecule has 0 unspecified atom stereocenters. The summed E-state index contributed by atoms with van der Waals surface area (Å²) in [5.41, 5.74) is -2.73. The second-order valence-corrected chi connectivity index (χ2v) is 3.50. The third-order valence-corrected chi connectivity index (χ3v) is 2.35. The van der Waals surface area contributed by atoms with Crippen molar-refractivity contribution >= 4 is 11.9 Å². The Labute approximate surface area is 90.8 Å². The van der Waals surface area contributed by atoms with Crippen LogP contribution in [-0.4, -0.2) is 0 Å². The minimum absolute atomic E-state index is 0.0508. The molecule has 1 aromatic carbocycles. The van der Waals surface area contributed by atoms with Gasteiger partial charge in [-0.25, -0.2) is 0 Å².